The van der Waals surface area contributed by atoms with Gasteiger partial charge in [0.15, 0.2) is 0 Å². The summed E-state index contributed by atoms with van der Waals surface area (Å²) in [4.78, 5) is 21.1. The summed E-state index contributed by atoms with van der Waals surface area (Å²) in [6, 6.07) is 7.88. The van der Waals surface area contributed by atoms with Crippen LogP contribution in [0.4, 0.5) is 0 Å². The molecule has 3 nitrogen and oxygen atoms in total. The van der Waals surface area contributed by atoms with E-state index in [1.807, 2.05) is 24.3 Å². The summed E-state index contributed by atoms with van der Waals surface area (Å²) in [5, 5.41) is 8.39. The summed E-state index contributed by atoms with van der Waals surface area (Å²) in [7, 11) is 0. The fraction of sp³-hybridized carbons (Fsp3) is 0.333. The number of aryl methyl sites for hydroxylation is 2. The minimum Gasteiger partial charge on any atom is -0.476 e. The van der Waals surface area contributed by atoms with Gasteiger partial charge in [0.1, 0.15) is 0 Å². The first-order chi connectivity index (χ1) is 7.13. The van der Waals surface area contributed by atoms with E-state index < -0.39 is 11.8 Å². The molecule has 1 N–H and O–H groups in total. The van der Waals surface area contributed by atoms with E-state index in [9.17, 15) is 9.59 Å². The molecular weight excluding hydrogens is 192 g/mol. The van der Waals surface area contributed by atoms with E-state index in [2.05, 4.69) is 6.92 Å². The molecule has 0 saturated heterocycles. The summed E-state index contributed by atoms with van der Waals surface area (Å²) >= 11 is 0. The van der Waals surface area contributed by atoms with Crippen LogP contribution in [0.3, 0.4) is 0 Å². The molecule has 0 aliphatic carbocycles. The standard InChI is InChI=1S/C12H14O3/c1-2-9-3-5-10(6-4-9)7-8-11(13)12(14)15/h3-6H,2,7-8H2,1H3,(H,14,15). The predicted octanol–water partition coefficient (Wildman–Crippen LogP) is 1.84. The van der Waals surface area contributed by atoms with Crippen molar-refractivity contribution in [3.8, 4) is 0 Å². The molecule has 0 saturated carbocycles. The third-order valence-electron chi connectivity index (χ3n) is 2.31. The van der Waals surface area contributed by atoms with Crippen molar-refractivity contribution in [2.45, 2.75) is 26.2 Å². The van der Waals surface area contributed by atoms with Crippen LogP contribution in [0.5, 0.6) is 0 Å². The molecule has 80 valence electrons. The van der Waals surface area contributed by atoms with Crippen LogP contribution in [0.15, 0.2) is 24.3 Å². The Morgan fingerprint density at radius 2 is 1.67 bits per heavy atom. The van der Waals surface area contributed by atoms with E-state index in [1.165, 1.54) is 5.56 Å². The smallest absolute Gasteiger partial charge is 0.372 e. The number of carbonyl (C=O) groups excluding carboxylic acids is 1. The van der Waals surface area contributed by atoms with E-state index in [-0.39, 0.29) is 6.42 Å². The Hall–Kier alpha value is -1.64. The first-order valence-electron chi connectivity index (χ1n) is 4.97. The second-order valence-corrected chi connectivity index (χ2v) is 3.40. The van der Waals surface area contributed by atoms with E-state index in [1.54, 1.807) is 0 Å². The summed E-state index contributed by atoms with van der Waals surface area (Å²) in [5.74, 6) is -2.07. The quantitative estimate of drug-likeness (QED) is 0.748. The van der Waals surface area contributed by atoms with Crippen LogP contribution in [0.2, 0.25) is 0 Å². The number of carbonyl (C=O) groups is 2. The Morgan fingerprint density at radius 3 is 2.13 bits per heavy atom. The molecule has 15 heavy (non-hydrogen) atoms. The molecule has 0 amide bonds. The number of rotatable bonds is 5. The number of Topliss-reactive ketones (excluding diaryl/α,β-unsaturated/α-hetero) is 1. The molecule has 0 heterocycles. The molecule has 0 spiro atoms. The Kier molecular flexibility index (Phi) is 4.03. The second kappa shape index (κ2) is 5.29. The van der Waals surface area contributed by atoms with Gasteiger partial charge in [-0.05, 0) is 24.0 Å². The summed E-state index contributed by atoms with van der Waals surface area (Å²) < 4.78 is 0. The average molecular weight is 206 g/mol. The first-order valence-corrected chi connectivity index (χ1v) is 4.97. The lowest BCUT2D eigenvalue weighted by Gasteiger charge is -2.00. The SMILES string of the molecule is CCc1ccc(CCC(=O)C(=O)O)cc1. The van der Waals surface area contributed by atoms with Gasteiger partial charge in [-0.2, -0.15) is 0 Å². The van der Waals surface area contributed by atoms with Crippen LogP contribution in [0.1, 0.15) is 24.5 Å². The number of hydrogen-bond donors (Lipinski definition) is 1. The molecule has 0 atom stereocenters. The maximum atomic E-state index is 10.8. The molecule has 0 radical (unpaired) electrons. The van der Waals surface area contributed by atoms with Crippen LogP contribution in [-0.4, -0.2) is 16.9 Å². The van der Waals surface area contributed by atoms with Gasteiger partial charge >= 0.3 is 5.97 Å². The number of carboxylic acid groups (broad SMARTS) is 1. The highest BCUT2D eigenvalue weighted by atomic mass is 16.4. The van der Waals surface area contributed by atoms with Gasteiger partial charge in [0, 0.05) is 6.42 Å². The second-order valence-electron chi connectivity index (χ2n) is 3.40. The highest BCUT2D eigenvalue weighted by Gasteiger charge is 2.10. The number of aliphatic carboxylic acids is 1. The van der Waals surface area contributed by atoms with Gasteiger partial charge in [0.2, 0.25) is 5.78 Å². The maximum absolute atomic E-state index is 10.8. The summed E-state index contributed by atoms with van der Waals surface area (Å²) in [6.45, 7) is 2.07. The molecule has 0 unspecified atom stereocenters. The largest absolute Gasteiger partial charge is 0.476 e. The fourth-order valence-corrected chi connectivity index (χ4v) is 1.31. The monoisotopic (exact) mass is 206 g/mol. The van der Waals surface area contributed by atoms with Gasteiger partial charge in [-0.3, -0.25) is 4.79 Å². The first kappa shape index (κ1) is 11.4. The molecule has 0 bridgehead atoms. The minimum absolute atomic E-state index is 0.0702. The van der Waals surface area contributed by atoms with E-state index in [4.69, 9.17) is 5.11 Å². The molecule has 0 aliphatic rings. The van der Waals surface area contributed by atoms with Crippen molar-refractivity contribution in [1.29, 1.82) is 0 Å². The molecule has 1 aromatic rings. The van der Waals surface area contributed by atoms with Crippen LogP contribution in [0.25, 0.3) is 0 Å². The van der Waals surface area contributed by atoms with Crippen molar-refractivity contribution in [2.24, 2.45) is 0 Å². The lowest BCUT2D eigenvalue weighted by Crippen LogP contribution is -2.12. The van der Waals surface area contributed by atoms with Crippen LogP contribution in [-0.2, 0) is 22.4 Å². The van der Waals surface area contributed by atoms with Crippen molar-refractivity contribution >= 4 is 11.8 Å². The lowest BCUT2D eigenvalue weighted by atomic mass is 10.0. The Labute approximate surface area is 88.7 Å². The van der Waals surface area contributed by atoms with Gasteiger partial charge in [0.05, 0.1) is 0 Å². The van der Waals surface area contributed by atoms with Gasteiger partial charge in [0.25, 0.3) is 0 Å². The molecule has 3 heteroatoms. The molecule has 0 fully saturated rings. The van der Waals surface area contributed by atoms with Gasteiger partial charge in [-0.1, -0.05) is 31.2 Å². The zero-order chi connectivity index (χ0) is 11.3. The molecule has 1 aromatic carbocycles. The van der Waals surface area contributed by atoms with E-state index >= 15 is 0 Å². The van der Waals surface area contributed by atoms with Gasteiger partial charge in [-0.25, -0.2) is 4.79 Å². The molecule has 1 rings (SSSR count). The maximum Gasteiger partial charge on any atom is 0.372 e. The zero-order valence-corrected chi connectivity index (χ0v) is 8.69. The summed E-state index contributed by atoms with van der Waals surface area (Å²) in [5.41, 5.74) is 2.24. The van der Waals surface area contributed by atoms with Gasteiger partial charge < -0.3 is 5.11 Å². The average Bonchev–Trinajstić information content (AvgIpc) is 2.26. The third-order valence-corrected chi connectivity index (χ3v) is 2.31. The number of hydrogen-bond acceptors (Lipinski definition) is 2. The Morgan fingerprint density at radius 1 is 1.13 bits per heavy atom. The van der Waals surface area contributed by atoms with Crippen molar-refractivity contribution < 1.29 is 14.7 Å². The van der Waals surface area contributed by atoms with Gasteiger partial charge in [-0.15, -0.1) is 0 Å². The number of carboxylic acids is 1. The highest BCUT2D eigenvalue weighted by Crippen LogP contribution is 2.07. The third kappa shape index (κ3) is 3.54. The molecular formula is C12H14O3. The summed E-state index contributed by atoms with van der Waals surface area (Å²) in [6.07, 6.45) is 1.55. The van der Waals surface area contributed by atoms with Crippen molar-refractivity contribution in [1.82, 2.24) is 0 Å². The van der Waals surface area contributed by atoms with Crippen molar-refractivity contribution in [3.63, 3.8) is 0 Å². The van der Waals surface area contributed by atoms with E-state index in [0.717, 1.165) is 12.0 Å². The predicted molar refractivity (Wildman–Crippen MR) is 56.8 cm³/mol. The number of ketones is 1. The zero-order valence-electron chi connectivity index (χ0n) is 8.69. The van der Waals surface area contributed by atoms with Crippen molar-refractivity contribution in [3.05, 3.63) is 35.4 Å². The highest BCUT2D eigenvalue weighted by molar-refractivity contribution is 6.32. The van der Waals surface area contributed by atoms with Crippen LogP contribution >= 0.6 is 0 Å². The molecule has 0 aromatic heterocycles. The lowest BCUT2D eigenvalue weighted by molar-refractivity contribution is -0.149. The molecule has 0 aliphatic heterocycles. The van der Waals surface area contributed by atoms with Crippen LogP contribution < -0.4 is 0 Å². The minimum atomic E-state index is -1.35. The Balaban J connectivity index is 2.51. The normalized spacial score (nSPS) is 9.93. The van der Waals surface area contributed by atoms with E-state index in [0.29, 0.717) is 6.42 Å². The number of benzene rings is 1. The van der Waals surface area contributed by atoms with Crippen molar-refractivity contribution in [2.75, 3.05) is 0 Å². The topological polar surface area (TPSA) is 54.4 Å². The fourth-order valence-electron chi connectivity index (χ4n) is 1.31. The Bertz CT molecular complexity index is 352. The van der Waals surface area contributed by atoms with Crippen LogP contribution in [0, 0.1) is 0 Å².